The fourth-order valence-electron chi connectivity index (χ4n) is 2.52. The number of unbranched alkanes of at least 4 members (excludes halogenated alkanes) is 1. The molecule has 1 heterocycles. The van der Waals surface area contributed by atoms with Gasteiger partial charge in [0, 0.05) is 20.3 Å². The van der Waals surface area contributed by atoms with Crippen LogP contribution in [0.15, 0.2) is 11.3 Å². The van der Waals surface area contributed by atoms with E-state index < -0.39 is 11.2 Å². The fraction of sp³-hybridized carbons (Fsp3) is 0.714. The molecule has 106 valence electrons. The number of carbonyl (C=O) groups excluding carboxylic acids is 1. The number of nitrogens with one attached hydrogen (secondary N) is 2. The van der Waals surface area contributed by atoms with Crippen LogP contribution in [0.2, 0.25) is 0 Å². The summed E-state index contributed by atoms with van der Waals surface area (Å²) in [5.41, 5.74) is -0.953. The second-order valence-electron chi connectivity index (χ2n) is 6.09. The molecular weight excluding hydrogens is 242 g/mol. The molecule has 1 aliphatic rings. The lowest BCUT2D eigenvalue weighted by Crippen LogP contribution is -3.20. The molecule has 0 saturated carbocycles. The van der Waals surface area contributed by atoms with E-state index in [2.05, 4.69) is 5.32 Å². The Morgan fingerprint density at radius 3 is 2.37 bits per heavy atom. The van der Waals surface area contributed by atoms with Crippen LogP contribution in [-0.4, -0.2) is 17.0 Å². The van der Waals surface area contributed by atoms with Gasteiger partial charge < -0.3 is 15.6 Å². The Hall–Kier alpha value is -1.38. The number of quaternary nitrogens is 1. The van der Waals surface area contributed by atoms with Crippen molar-refractivity contribution >= 4 is 5.78 Å². The zero-order chi connectivity index (χ0) is 14.8. The summed E-state index contributed by atoms with van der Waals surface area (Å²) in [5, 5.41) is 24.6. The third-order valence-corrected chi connectivity index (χ3v) is 3.60. The van der Waals surface area contributed by atoms with Crippen LogP contribution in [0.3, 0.4) is 0 Å². The van der Waals surface area contributed by atoms with Gasteiger partial charge in [-0.3, -0.25) is 4.79 Å². The zero-order valence-corrected chi connectivity index (χ0v) is 12.4. The van der Waals surface area contributed by atoms with Crippen molar-refractivity contribution in [3.8, 4) is 6.07 Å². The Bertz CT molecular complexity index is 444. The van der Waals surface area contributed by atoms with E-state index in [4.69, 9.17) is 0 Å². The number of allylic oxidation sites excluding steroid dienone is 1. The second-order valence-corrected chi connectivity index (χ2v) is 6.09. The molecule has 1 saturated heterocycles. The first kappa shape index (κ1) is 15.7. The molecule has 0 radical (unpaired) electrons. The van der Waals surface area contributed by atoms with Crippen LogP contribution in [0, 0.1) is 16.5 Å². The quantitative estimate of drug-likeness (QED) is 0.452. The summed E-state index contributed by atoms with van der Waals surface area (Å²) in [7, 11) is 0. The van der Waals surface area contributed by atoms with Gasteiger partial charge in [0.1, 0.15) is 17.2 Å². The highest BCUT2D eigenvalue weighted by Crippen LogP contribution is 2.24. The van der Waals surface area contributed by atoms with Gasteiger partial charge in [-0.15, -0.1) is 0 Å². The summed E-state index contributed by atoms with van der Waals surface area (Å²) in [6, 6.07) is 1.98. The second kappa shape index (κ2) is 5.32. The molecule has 1 rings (SSSR count). The number of carbonyl (C=O) groups is 1. The van der Waals surface area contributed by atoms with Gasteiger partial charge in [-0.2, -0.15) is 5.26 Å². The van der Waals surface area contributed by atoms with E-state index >= 15 is 0 Å². The van der Waals surface area contributed by atoms with E-state index in [1.165, 1.54) is 0 Å². The average molecular weight is 265 g/mol. The molecule has 0 bridgehead atoms. The van der Waals surface area contributed by atoms with Crippen LogP contribution >= 0.6 is 0 Å². The van der Waals surface area contributed by atoms with Crippen LogP contribution < -0.4 is 10.4 Å². The lowest BCUT2D eigenvalue weighted by Gasteiger charge is -2.38. The van der Waals surface area contributed by atoms with Crippen molar-refractivity contribution in [3.05, 3.63) is 16.5 Å². The van der Waals surface area contributed by atoms with Gasteiger partial charge in [-0.05, 0) is 20.3 Å². The number of nitriles is 1. The summed E-state index contributed by atoms with van der Waals surface area (Å²) in [6.45, 7) is 9.07. The highest BCUT2D eigenvalue weighted by atomic mass is 16.5. The van der Waals surface area contributed by atoms with Gasteiger partial charge in [-0.25, -0.2) is 0 Å². The van der Waals surface area contributed by atoms with Crippen molar-refractivity contribution in [2.45, 2.75) is 65.1 Å². The minimum atomic E-state index is -0.809. The fourth-order valence-corrected chi connectivity index (χ4v) is 2.52. The smallest absolute Gasteiger partial charge is 0.175 e. The predicted octanol–water partition coefficient (Wildman–Crippen LogP) is 1.02. The van der Waals surface area contributed by atoms with Crippen molar-refractivity contribution in [2.75, 3.05) is 0 Å². The number of ketones is 1. The summed E-state index contributed by atoms with van der Waals surface area (Å²) in [6.07, 6.45) is 2.02. The molecule has 0 aromatic heterocycles. The first-order valence-corrected chi connectivity index (χ1v) is 6.69. The van der Waals surface area contributed by atoms with Crippen LogP contribution in [0.25, 0.3) is 0 Å². The number of hydroxylamine groups is 2. The summed E-state index contributed by atoms with van der Waals surface area (Å²) in [5.74, 6) is -0.176. The summed E-state index contributed by atoms with van der Waals surface area (Å²) in [4.78, 5) is 12.1. The van der Waals surface area contributed by atoms with Crippen molar-refractivity contribution < 1.29 is 9.86 Å². The Morgan fingerprint density at radius 2 is 2.00 bits per heavy atom. The molecular formula is C14H23N3O2. The molecule has 1 fully saturated rings. The van der Waals surface area contributed by atoms with E-state index in [1.807, 2.05) is 13.0 Å². The summed E-state index contributed by atoms with van der Waals surface area (Å²) < 4.78 is 0. The molecule has 0 aromatic rings. The molecule has 5 heteroatoms. The molecule has 19 heavy (non-hydrogen) atoms. The monoisotopic (exact) mass is 265 g/mol. The van der Waals surface area contributed by atoms with E-state index in [1.54, 1.807) is 27.7 Å². The van der Waals surface area contributed by atoms with Gasteiger partial charge in [0.25, 0.3) is 0 Å². The maximum absolute atomic E-state index is 12.3. The SMILES string of the molecule is CCCCC(=O)/C(C#N)=C1/NC(C)(C)[NH+]([O-])C1(C)C. The van der Waals surface area contributed by atoms with Gasteiger partial charge in [-0.1, -0.05) is 13.3 Å². The minimum absolute atomic E-state index is 0.00559. The number of hydrogen-bond acceptors (Lipinski definition) is 4. The van der Waals surface area contributed by atoms with Crippen LogP contribution in [-0.2, 0) is 4.79 Å². The van der Waals surface area contributed by atoms with E-state index in [0.29, 0.717) is 12.1 Å². The third-order valence-electron chi connectivity index (χ3n) is 3.60. The van der Waals surface area contributed by atoms with Crippen LogP contribution in [0.4, 0.5) is 0 Å². The lowest BCUT2D eigenvalue weighted by molar-refractivity contribution is -0.931. The maximum Gasteiger partial charge on any atom is 0.175 e. The van der Waals surface area contributed by atoms with Crippen molar-refractivity contribution in [1.29, 1.82) is 5.26 Å². The predicted molar refractivity (Wildman–Crippen MR) is 72.8 cm³/mol. The normalized spacial score (nSPS) is 26.5. The Kier molecular flexibility index (Phi) is 4.39. The summed E-state index contributed by atoms with van der Waals surface area (Å²) >= 11 is 0. The van der Waals surface area contributed by atoms with E-state index in [-0.39, 0.29) is 16.4 Å². The molecule has 0 spiro atoms. The van der Waals surface area contributed by atoms with Gasteiger partial charge >= 0.3 is 0 Å². The number of nitrogens with zero attached hydrogens (tertiary/aromatic N) is 1. The van der Waals surface area contributed by atoms with Gasteiger partial charge in [0.15, 0.2) is 11.4 Å². The Balaban J connectivity index is 3.20. The van der Waals surface area contributed by atoms with Crippen LogP contribution in [0.5, 0.6) is 0 Å². The molecule has 2 N–H and O–H groups in total. The van der Waals surface area contributed by atoms with Crippen molar-refractivity contribution in [3.63, 3.8) is 0 Å². The Morgan fingerprint density at radius 1 is 1.42 bits per heavy atom. The standard InChI is InChI=1S/C14H23N3O2/c1-6-7-8-11(18)10(9-15)12-13(2,3)17(19)14(4,5)16-12/h16-17H,6-8H2,1-5H3/b12-10+. The number of Topliss-reactive ketones (excluding diaryl/α,β-unsaturated/α-hetero) is 1. The number of hydrogen-bond donors (Lipinski definition) is 2. The minimum Gasteiger partial charge on any atom is -0.632 e. The third kappa shape index (κ3) is 2.80. The van der Waals surface area contributed by atoms with Gasteiger partial charge in [0.05, 0.1) is 5.70 Å². The average Bonchev–Trinajstić information content (AvgIpc) is 2.49. The van der Waals surface area contributed by atoms with Crippen molar-refractivity contribution in [2.24, 2.45) is 0 Å². The molecule has 0 aliphatic carbocycles. The van der Waals surface area contributed by atoms with E-state index in [0.717, 1.165) is 12.8 Å². The van der Waals surface area contributed by atoms with Crippen LogP contribution in [0.1, 0.15) is 53.9 Å². The Labute approximate surface area is 114 Å². The highest BCUT2D eigenvalue weighted by Gasteiger charge is 2.50. The topological polar surface area (TPSA) is 80.4 Å². The molecule has 1 atom stereocenters. The molecule has 0 amide bonds. The molecule has 0 aromatic carbocycles. The highest BCUT2D eigenvalue weighted by molar-refractivity contribution is 6.00. The van der Waals surface area contributed by atoms with Crippen molar-refractivity contribution in [1.82, 2.24) is 5.32 Å². The zero-order valence-electron chi connectivity index (χ0n) is 12.4. The van der Waals surface area contributed by atoms with E-state index in [9.17, 15) is 15.3 Å². The molecule has 5 nitrogen and oxygen atoms in total. The first-order valence-electron chi connectivity index (χ1n) is 6.69. The maximum atomic E-state index is 12.3. The first-order chi connectivity index (χ1) is 8.68. The van der Waals surface area contributed by atoms with Gasteiger partial charge in [0.2, 0.25) is 0 Å². The molecule has 1 unspecified atom stereocenters. The molecule has 1 aliphatic heterocycles. The number of rotatable bonds is 4. The lowest BCUT2D eigenvalue weighted by atomic mass is 9.94. The largest absolute Gasteiger partial charge is 0.632 e.